The monoisotopic (exact) mass is 348 g/mol. The second-order valence-corrected chi connectivity index (χ2v) is 5.96. The Balaban J connectivity index is 2.21. The molecule has 0 aliphatic carbocycles. The van der Waals surface area contributed by atoms with Gasteiger partial charge in [-0.2, -0.15) is 0 Å². The topological polar surface area (TPSA) is 61.0 Å². The highest BCUT2D eigenvalue weighted by Gasteiger charge is 2.34. The smallest absolute Gasteiger partial charge is 0.266 e. The second-order valence-electron chi connectivity index (χ2n) is 4.88. The second kappa shape index (κ2) is 4.93. The maximum Gasteiger partial charge on any atom is 0.266 e. The van der Waals surface area contributed by atoms with Gasteiger partial charge in [-0.1, -0.05) is 6.92 Å². The van der Waals surface area contributed by atoms with Crippen LogP contribution >= 0.6 is 22.6 Å². The Morgan fingerprint density at radius 1 is 1.71 bits per heavy atom. The molecule has 17 heavy (non-hydrogen) atoms. The number of nitrogens with zero attached hydrogens (tertiary/aromatic N) is 2. The fraction of sp³-hybridized carbons (Fsp3) is 0.636. The minimum atomic E-state index is -0.0576. The molecule has 1 atom stereocenters. The van der Waals surface area contributed by atoms with Gasteiger partial charge in [0, 0.05) is 19.6 Å². The normalized spacial score (nSPS) is 24.3. The Hall–Kier alpha value is -0.630. The van der Waals surface area contributed by atoms with E-state index >= 15 is 0 Å². The number of aromatic amines is 1. The first-order chi connectivity index (χ1) is 8.06. The zero-order valence-electron chi connectivity index (χ0n) is 10.1. The molecule has 0 saturated carbocycles. The van der Waals surface area contributed by atoms with Gasteiger partial charge < -0.3 is 15.2 Å². The molecule has 1 saturated heterocycles. The Kier molecular flexibility index (Phi) is 3.72. The molecule has 0 aromatic carbocycles. The molecule has 0 spiro atoms. The largest absolute Gasteiger partial charge is 0.355 e. The lowest BCUT2D eigenvalue weighted by atomic mass is 9.90. The number of hydrogen-bond acceptors (Lipinski definition) is 4. The molecule has 1 aromatic heterocycles. The van der Waals surface area contributed by atoms with Crippen LogP contribution in [0.2, 0.25) is 0 Å². The molecule has 0 radical (unpaired) electrons. The number of hydrogen-bond donors (Lipinski definition) is 2. The molecule has 2 heterocycles. The van der Waals surface area contributed by atoms with Gasteiger partial charge >= 0.3 is 0 Å². The summed E-state index contributed by atoms with van der Waals surface area (Å²) < 4.78 is 0.679. The average molecular weight is 348 g/mol. The van der Waals surface area contributed by atoms with Gasteiger partial charge in [-0.05, 0) is 41.5 Å². The van der Waals surface area contributed by atoms with Crippen molar-refractivity contribution in [1.29, 1.82) is 0 Å². The number of halogens is 1. The van der Waals surface area contributed by atoms with Crippen LogP contribution in [0.25, 0.3) is 0 Å². The van der Waals surface area contributed by atoms with Crippen molar-refractivity contribution >= 4 is 28.4 Å². The van der Waals surface area contributed by atoms with Crippen molar-refractivity contribution in [2.24, 2.45) is 5.41 Å². The minimum Gasteiger partial charge on any atom is -0.355 e. The molecule has 6 heteroatoms. The quantitative estimate of drug-likeness (QED) is 0.794. The lowest BCUT2D eigenvalue weighted by molar-refractivity contribution is 0.355. The highest BCUT2D eigenvalue weighted by molar-refractivity contribution is 14.1. The molecule has 1 unspecified atom stereocenters. The van der Waals surface area contributed by atoms with Crippen molar-refractivity contribution in [2.45, 2.75) is 13.3 Å². The summed E-state index contributed by atoms with van der Waals surface area (Å²) in [5.74, 6) is 0.814. The summed E-state index contributed by atoms with van der Waals surface area (Å²) >= 11 is 2.06. The first kappa shape index (κ1) is 12.8. The van der Waals surface area contributed by atoms with Crippen molar-refractivity contribution in [3.63, 3.8) is 0 Å². The molecule has 5 nitrogen and oxygen atoms in total. The van der Waals surface area contributed by atoms with E-state index in [1.807, 2.05) is 7.05 Å². The van der Waals surface area contributed by atoms with Crippen LogP contribution in [0.5, 0.6) is 0 Å². The highest BCUT2D eigenvalue weighted by Crippen LogP contribution is 2.32. The number of rotatable bonds is 3. The third-order valence-corrected chi connectivity index (χ3v) is 4.21. The van der Waals surface area contributed by atoms with Gasteiger partial charge in [-0.3, -0.25) is 4.79 Å². The van der Waals surface area contributed by atoms with E-state index in [0.29, 0.717) is 3.57 Å². The average Bonchev–Trinajstić information content (AvgIpc) is 2.65. The molecule has 2 rings (SSSR count). The maximum absolute atomic E-state index is 11.5. The van der Waals surface area contributed by atoms with Gasteiger partial charge in [-0.15, -0.1) is 0 Å². The Morgan fingerprint density at radius 2 is 2.47 bits per heavy atom. The van der Waals surface area contributed by atoms with Crippen molar-refractivity contribution < 1.29 is 0 Å². The Bertz CT molecular complexity index is 461. The standard InChI is InChI=1S/C11H17IN4O/c1-11(5-13-2)3-4-16(6-11)9-8(12)10(17)15-7-14-9/h7,13H,3-6H2,1-2H3,(H,14,15,17). The van der Waals surface area contributed by atoms with E-state index in [2.05, 4.69) is 49.7 Å². The lowest BCUT2D eigenvalue weighted by Crippen LogP contribution is -2.34. The Labute approximate surface area is 114 Å². The first-order valence-electron chi connectivity index (χ1n) is 5.68. The lowest BCUT2D eigenvalue weighted by Gasteiger charge is -2.24. The van der Waals surface area contributed by atoms with E-state index in [-0.39, 0.29) is 11.0 Å². The van der Waals surface area contributed by atoms with Crippen LogP contribution in [0, 0.1) is 8.99 Å². The van der Waals surface area contributed by atoms with E-state index in [4.69, 9.17) is 0 Å². The molecular formula is C11H17IN4O. The van der Waals surface area contributed by atoms with Crippen molar-refractivity contribution in [2.75, 3.05) is 31.6 Å². The van der Waals surface area contributed by atoms with Crippen LogP contribution in [0.4, 0.5) is 5.82 Å². The third kappa shape index (κ3) is 2.62. The SMILES string of the molecule is CNCC1(C)CCN(c2nc[nH]c(=O)c2I)C1. The summed E-state index contributed by atoms with van der Waals surface area (Å²) in [4.78, 5) is 20.6. The van der Waals surface area contributed by atoms with Crippen molar-refractivity contribution in [1.82, 2.24) is 15.3 Å². The zero-order chi connectivity index (χ0) is 12.5. The summed E-state index contributed by atoms with van der Waals surface area (Å²) in [6.45, 7) is 5.16. The summed E-state index contributed by atoms with van der Waals surface area (Å²) in [5.41, 5.74) is 0.208. The van der Waals surface area contributed by atoms with Gasteiger partial charge in [-0.25, -0.2) is 4.98 Å². The van der Waals surface area contributed by atoms with Gasteiger partial charge in [0.2, 0.25) is 0 Å². The van der Waals surface area contributed by atoms with E-state index in [0.717, 1.165) is 31.9 Å². The summed E-state index contributed by atoms with van der Waals surface area (Å²) in [6.07, 6.45) is 2.60. The molecule has 0 bridgehead atoms. The summed E-state index contributed by atoms with van der Waals surface area (Å²) in [7, 11) is 1.98. The number of H-pyrrole nitrogens is 1. The molecule has 1 aliphatic rings. The van der Waals surface area contributed by atoms with Crippen LogP contribution in [0.3, 0.4) is 0 Å². The van der Waals surface area contributed by atoms with Gasteiger partial charge in [0.1, 0.15) is 9.39 Å². The number of anilines is 1. The van der Waals surface area contributed by atoms with E-state index in [9.17, 15) is 4.79 Å². The van der Waals surface area contributed by atoms with Crippen molar-refractivity contribution in [3.05, 3.63) is 20.3 Å². The van der Waals surface area contributed by atoms with Gasteiger partial charge in [0.05, 0.1) is 6.33 Å². The number of nitrogens with one attached hydrogen (secondary N) is 2. The number of aromatic nitrogens is 2. The van der Waals surface area contributed by atoms with Crippen LogP contribution in [0.15, 0.2) is 11.1 Å². The molecule has 0 amide bonds. The highest BCUT2D eigenvalue weighted by atomic mass is 127. The molecule has 1 aliphatic heterocycles. The molecule has 1 aromatic rings. The van der Waals surface area contributed by atoms with Gasteiger partial charge in [0.25, 0.3) is 5.56 Å². The minimum absolute atomic E-state index is 0.0576. The van der Waals surface area contributed by atoms with Crippen LogP contribution in [0.1, 0.15) is 13.3 Å². The molecular weight excluding hydrogens is 331 g/mol. The van der Waals surface area contributed by atoms with Crippen LogP contribution < -0.4 is 15.8 Å². The summed E-state index contributed by atoms with van der Waals surface area (Å²) in [6, 6.07) is 0. The Morgan fingerprint density at radius 3 is 3.18 bits per heavy atom. The van der Waals surface area contributed by atoms with Crippen LogP contribution in [-0.2, 0) is 0 Å². The fourth-order valence-electron chi connectivity index (χ4n) is 2.37. The third-order valence-electron chi connectivity index (χ3n) is 3.24. The van der Waals surface area contributed by atoms with E-state index < -0.39 is 0 Å². The fourth-order valence-corrected chi connectivity index (χ4v) is 3.01. The van der Waals surface area contributed by atoms with E-state index in [1.54, 1.807) is 0 Å². The zero-order valence-corrected chi connectivity index (χ0v) is 12.2. The van der Waals surface area contributed by atoms with E-state index in [1.165, 1.54) is 6.33 Å². The van der Waals surface area contributed by atoms with Gasteiger partial charge in [0.15, 0.2) is 0 Å². The van der Waals surface area contributed by atoms with Crippen molar-refractivity contribution in [3.8, 4) is 0 Å². The predicted octanol–water partition coefficient (Wildman–Crippen LogP) is 0.810. The first-order valence-corrected chi connectivity index (χ1v) is 6.76. The molecule has 94 valence electrons. The van der Waals surface area contributed by atoms with Crippen LogP contribution in [-0.4, -0.2) is 36.6 Å². The molecule has 1 fully saturated rings. The molecule has 2 N–H and O–H groups in total. The summed E-state index contributed by atoms with van der Waals surface area (Å²) in [5, 5.41) is 3.23. The predicted molar refractivity (Wildman–Crippen MR) is 76.4 cm³/mol. The maximum atomic E-state index is 11.5.